The Hall–Kier alpha value is -1.03. The number of hydrogen-bond acceptors (Lipinski definition) is 3. The van der Waals surface area contributed by atoms with Crippen LogP contribution >= 0.6 is 23.2 Å². The van der Waals surface area contributed by atoms with Crippen LogP contribution in [0.3, 0.4) is 0 Å². The van der Waals surface area contributed by atoms with Crippen molar-refractivity contribution >= 4 is 23.2 Å². The van der Waals surface area contributed by atoms with Crippen LogP contribution in [-0.2, 0) is 6.42 Å². The van der Waals surface area contributed by atoms with Gasteiger partial charge in [0.05, 0.1) is 16.2 Å². The Balaban J connectivity index is 1.91. The number of nitrogens with one attached hydrogen (secondary N) is 1. The molecule has 0 saturated heterocycles. The summed E-state index contributed by atoms with van der Waals surface area (Å²) in [6, 6.07) is 5.48. The Morgan fingerprint density at radius 1 is 1.29 bits per heavy atom. The van der Waals surface area contributed by atoms with Crippen molar-refractivity contribution in [3.63, 3.8) is 0 Å². The van der Waals surface area contributed by atoms with E-state index in [2.05, 4.69) is 24.1 Å². The Bertz CT molecular complexity index is 581. The fourth-order valence-electron chi connectivity index (χ4n) is 2.00. The molecule has 2 aromatic rings. The summed E-state index contributed by atoms with van der Waals surface area (Å²) in [5.41, 5.74) is 0.779. The summed E-state index contributed by atoms with van der Waals surface area (Å²) in [6.45, 7) is 6.40. The van der Waals surface area contributed by atoms with Gasteiger partial charge < -0.3 is 9.73 Å². The van der Waals surface area contributed by atoms with Crippen LogP contribution in [0.5, 0.6) is 0 Å². The van der Waals surface area contributed by atoms with Gasteiger partial charge in [-0.25, -0.2) is 4.98 Å². The molecule has 21 heavy (non-hydrogen) atoms. The van der Waals surface area contributed by atoms with Gasteiger partial charge in [0.2, 0.25) is 0 Å². The van der Waals surface area contributed by atoms with Gasteiger partial charge in [-0.3, -0.25) is 0 Å². The van der Waals surface area contributed by atoms with Gasteiger partial charge in [-0.05, 0) is 37.6 Å². The van der Waals surface area contributed by atoms with E-state index in [4.69, 9.17) is 27.6 Å². The summed E-state index contributed by atoms with van der Waals surface area (Å²) < 4.78 is 5.75. The molecule has 0 aliphatic carbocycles. The first-order valence-electron chi connectivity index (χ1n) is 7.17. The van der Waals surface area contributed by atoms with Crippen molar-refractivity contribution in [2.45, 2.75) is 26.7 Å². The van der Waals surface area contributed by atoms with Crippen molar-refractivity contribution in [3.05, 3.63) is 40.3 Å². The van der Waals surface area contributed by atoms with Gasteiger partial charge in [0.15, 0.2) is 11.7 Å². The zero-order valence-electron chi connectivity index (χ0n) is 12.3. The van der Waals surface area contributed by atoms with Gasteiger partial charge in [0.1, 0.15) is 0 Å². The van der Waals surface area contributed by atoms with Gasteiger partial charge in [0.25, 0.3) is 0 Å². The van der Waals surface area contributed by atoms with Crippen molar-refractivity contribution in [2.75, 3.05) is 13.1 Å². The predicted molar refractivity (Wildman–Crippen MR) is 88.0 cm³/mol. The molecule has 0 spiro atoms. The van der Waals surface area contributed by atoms with Crippen LogP contribution in [0, 0.1) is 5.92 Å². The standard InChI is InChI=1S/C16H20Cl2N2O/c1-11(2)9-19-8-4-7-15-20-10-14(21-15)12-5-3-6-13(17)16(12)18/h3,5-6,10-11,19H,4,7-9H2,1-2H3. The molecular weight excluding hydrogens is 307 g/mol. The smallest absolute Gasteiger partial charge is 0.194 e. The molecule has 0 fully saturated rings. The highest BCUT2D eigenvalue weighted by Gasteiger charge is 2.11. The summed E-state index contributed by atoms with van der Waals surface area (Å²) in [5, 5.41) is 4.42. The maximum absolute atomic E-state index is 6.18. The molecular formula is C16H20Cl2N2O. The molecule has 0 amide bonds. The SMILES string of the molecule is CC(C)CNCCCc1ncc(-c2cccc(Cl)c2Cl)o1. The van der Waals surface area contributed by atoms with E-state index in [1.165, 1.54) is 0 Å². The molecule has 2 rings (SSSR count). The van der Waals surface area contributed by atoms with Crippen LogP contribution in [0.25, 0.3) is 11.3 Å². The third kappa shape index (κ3) is 4.73. The lowest BCUT2D eigenvalue weighted by molar-refractivity contribution is 0.483. The fourth-order valence-corrected chi connectivity index (χ4v) is 2.39. The van der Waals surface area contributed by atoms with Gasteiger partial charge in [-0.2, -0.15) is 0 Å². The first-order valence-corrected chi connectivity index (χ1v) is 7.93. The molecule has 1 aromatic carbocycles. The normalized spacial score (nSPS) is 11.3. The molecule has 1 heterocycles. The second kappa shape index (κ2) is 7.83. The second-order valence-corrected chi connectivity index (χ2v) is 6.21. The van der Waals surface area contributed by atoms with Crippen LogP contribution in [0.1, 0.15) is 26.2 Å². The molecule has 0 atom stereocenters. The van der Waals surface area contributed by atoms with Crippen LogP contribution in [0.15, 0.2) is 28.8 Å². The number of aromatic nitrogens is 1. The largest absolute Gasteiger partial charge is 0.441 e. The average molecular weight is 327 g/mol. The Morgan fingerprint density at radius 2 is 2.10 bits per heavy atom. The van der Waals surface area contributed by atoms with Crippen LogP contribution in [-0.4, -0.2) is 18.1 Å². The Morgan fingerprint density at radius 3 is 2.86 bits per heavy atom. The van der Waals surface area contributed by atoms with E-state index in [1.807, 2.05) is 12.1 Å². The number of nitrogens with zero attached hydrogens (tertiary/aromatic N) is 1. The van der Waals surface area contributed by atoms with Crippen molar-refractivity contribution in [3.8, 4) is 11.3 Å². The van der Waals surface area contributed by atoms with Crippen molar-refractivity contribution in [2.24, 2.45) is 5.92 Å². The molecule has 0 aliphatic rings. The molecule has 0 saturated carbocycles. The monoisotopic (exact) mass is 326 g/mol. The maximum Gasteiger partial charge on any atom is 0.194 e. The zero-order valence-corrected chi connectivity index (χ0v) is 13.8. The van der Waals surface area contributed by atoms with E-state index in [0.717, 1.165) is 37.4 Å². The third-order valence-electron chi connectivity index (χ3n) is 3.07. The minimum absolute atomic E-state index is 0.500. The number of rotatable bonds is 7. The maximum atomic E-state index is 6.18. The Kier molecular flexibility index (Phi) is 6.09. The molecule has 1 N–H and O–H groups in total. The molecule has 0 radical (unpaired) electrons. The van der Waals surface area contributed by atoms with Crippen LogP contribution < -0.4 is 5.32 Å². The lowest BCUT2D eigenvalue weighted by Gasteiger charge is -2.05. The van der Waals surface area contributed by atoms with Gasteiger partial charge in [0, 0.05) is 12.0 Å². The van der Waals surface area contributed by atoms with E-state index < -0.39 is 0 Å². The summed E-state index contributed by atoms with van der Waals surface area (Å²) in [5.74, 6) is 2.06. The van der Waals surface area contributed by atoms with Crippen molar-refractivity contribution < 1.29 is 4.42 Å². The number of aryl methyl sites for hydroxylation is 1. The fraction of sp³-hybridized carbons (Fsp3) is 0.438. The molecule has 3 nitrogen and oxygen atoms in total. The molecule has 1 aromatic heterocycles. The lowest BCUT2D eigenvalue weighted by atomic mass is 10.2. The third-order valence-corrected chi connectivity index (χ3v) is 3.89. The van der Waals surface area contributed by atoms with E-state index >= 15 is 0 Å². The van der Waals surface area contributed by atoms with Gasteiger partial charge in [-0.1, -0.05) is 43.1 Å². The number of halogens is 2. The minimum Gasteiger partial charge on any atom is -0.441 e. The van der Waals surface area contributed by atoms with Crippen molar-refractivity contribution in [1.82, 2.24) is 10.3 Å². The van der Waals surface area contributed by atoms with Crippen LogP contribution in [0.2, 0.25) is 10.0 Å². The molecule has 114 valence electrons. The summed E-state index contributed by atoms with van der Waals surface area (Å²) in [7, 11) is 0. The van der Waals surface area contributed by atoms with E-state index in [-0.39, 0.29) is 0 Å². The second-order valence-electron chi connectivity index (χ2n) is 5.42. The average Bonchev–Trinajstić information content (AvgIpc) is 2.90. The lowest BCUT2D eigenvalue weighted by Crippen LogP contribution is -2.21. The minimum atomic E-state index is 0.500. The van der Waals surface area contributed by atoms with E-state index in [9.17, 15) is 0 Å². The van der Waals surface area contributed by atoms with Gasteiger partial charge >= 0.3 is 0 Å². The quantitative estimate of drug-likeness (QED) is 0.741. The predicted octanol–water partition coefficient (Wildman–Crippen LogP) is 4.83. The highest BCUT2D eigenvalue weighted by atomic mass is 35.5. The zero-order chi connectivity index (χ0) is 15.2. The topological polar surface area (TPSA) is 38.1 Å². The van der Waals surface area contributed by atoms with Crippen LogP contribution in [0.4, 0.5) is 0 Å². The number of hydrogen-bond donors (Lipinski definition) is 1. The first kappa shape index (κ1) is 16.3. The molecule has 0 unspecified atom stereocenters. The molecule has 0 aliphatic heterocycles. The van der Waals surface area contributed by atoms with Gasteiger partial charge in [-0.15, -0.1) is 0 Å². The number of benzene rings is 1. The van der Waals surface area contributed by atoms with E-state index in [0.29, 0.717) is 21.7 Å². The highest BCUT2D eigenvalue weighted by Crippen LogP contribution is 2.33. The summed E-state index contributed by atoms with van der Waals surface area (Å²) >= 11 is 12.2. The summed E-state index contributed by atoms with van der Waals surface area (Å²) in [6.07, 6.45) is 3.51. The molecule has 5 heteroatoms. The summed E-state index contributed by atoms with van der Waals surface area (Å²) in [4.78, 5) is 4.30. The highest BCUT2D eigenvalue weighted by molar-refractivity contribution is 6.43. The van der Waals surface area contributed by atoms with E-state index in [1.54, 1.807) is 12.3 Å². The first-order chi connectivity index (χ1) is 10.1. The Labute approximate surface area is 135 Å². The molecule has 0 bridgehead atoms. The number of oxazole rings is 1. The van der Waals surface area contributed by atoms with Crippen molar-refractivity contribution in [1.29, 1.82) is 0 Å².